The Bertz CT molecular complexity index is 944. The first-order valence-corrected chi connectivity index (χ1v) is 10.5. The number of rotatable bonds is 8. The van der Waals surface area contributed by atoms with Gasteiger partial charge in [0.15, 0.2) is 0 Å². The zero-order valence-electron chi connectivity index (χ0n) is 17.5. The first-order chi connectivity index (χ1) is 15.2. The Morgan fingerprint density at radius 1 is 0.419 bits per heavy atom. The summed E-state index contributed by atoms with van der Waals surface area (Å²) in [6, 6.07) is 41.4. The molecule has 1 nitrogen and oxygen atoms in total. The Morgan fingerprint density at radius 3 is 0.871 bits per heavy atom. The van der Waals surface area contributed by atoms with E-state index in [2.05, 4.69) is 61.7 Å². The molecule has 4 aromatic rings. The maximum atomic E-state index is 6.40. The second-order valence-electron chi connectivity index (χ2n) is 7.54. The summed E-state index contributed by atoms with van der Waals surface area (Å²) in [7, 11) is 0. The quantitative estimate of drug-likeness (QED) is 0.274. The highest BCUT2D eigenvalue weighted by Gasteiger charge is 2.24. The molecule has 31 heavy (non-hydrogen) atoms. The van der Waals surface area contributed by atoms with E-state index >= 15 is 0 Å². The van der Waals surface area contributed by atoms with Gasteiger partial charge in [0.05, 0.1) is 11.8 Å². The molecule has 0 radical (unpaired) electrons. The third-order valence-electron chi connectivity index (χ3n) is 5.44. The molecule has 0 amide bonds. The van der Waals surface area contributed by atoms with Crippen molar-refractivity contribution in [2.45, 2.75) is 11.8 Å². The van der Waals surface area contributed by atoms with Gasteiger partial charge in [-0.05, 0) is 22.3 Å². The third kappa shape index (κ3) is 4.84. The highest BCUT2D eigenvalue weighted by molar-refractivity contribution is 5.41. The van der Waals surface area contributed by atoms with Crippen LogP contribution in [0.2, 0.25) is 0 Å². The Kier molecular flexibility index (Phi) is 6.44. The van der Waals surface area contributed by atoms with Gasteiger partial charge in [-0.15, -0.1) is 0 Å². The van der Waals surface area contributed by atoms with Crippen molar-refractivity contribution in [3.63, 3.8) is 0 Å². The fourth-order valence-electron chi connectivity index (χ4n) is 4.00. The van der Waals surface area contributed by atoms with Crippen molar-refractivity contribution in [2.75, 3.05) is 0 Å². The highest BCUT2D eigenvalue weighted by Crippen LogP contribution is 2.37. The van der Waals surface area contributed by atoms with Crippen LogP contribution in [0.25, 0.3) is 0 Å². The van der Waals surface area contributed by atoms with Crippen molar-refractivity contribution < 1.29 is 4.74 Å². The van der Waals surface area contributed by atoms with Crippen molar-refractivity contribution in [3.8, 4) is 0 Å². The predicted octanol–water partition coefficient (Wildman–Crippen LogP) is 7.69. The van der Waals surface area contributed by atoms with Crippen LogP contribution in [-0.2, 0) is 4.74 Å². The zero-order valence-corrected chi connectivity index (χ0v) is 17.5. The van der Waals surface area contributed by atoms with Gasteiger partial charge in [0, 0.05) is 0 Å². The summed E-state index contributed by atoms with van der Waals surface area (Å²) in [6.45, 7) is 8.67. The lowest BCUT2D eigenvalue weighted by Gasteiger charge is -2.26. The molecular weight excluding hydrogens is 376 g/mol. The molecule has 1 heteroatoms. The van der Waals surface area contributed by atoms with E-state index in [-0.39, 0.29) is 11.8 Å². The molecular formula is C30H26O. The van der Waals surface area contributed by atoms with Gasteiger partial charge in [0.1, 0.15) is 11.5 Å². The molecule has 0 fully saturated rings. The summed E-state index contributed by atoms with van der Waals surface area (Å²) in [5, 5.41) is 0. The first-order valence-electron chi connectivity index (χ1n) is 10.5. The Morgan fingerprint density at radius 2 is 0.645 bits per heavy atom. The Balaban J connectivity index is 1.66. The van der Waals surface area contributed by atoms with Gasteiger partial charge in [-0.3, -0.25) is 0 Å². The minimum absolute atomic E-state index is 0.0775. The van der Waals surface area contributed by atoms with E-state index in [1.54, 1.807) is 0 Å². The van der Waals surface area contributed by atoms with Gasteiger partial charge in [0.25, 0.3) is 0 Å². The van der Waals surface area contributed by atoms with Crippen LogP contribution in [0.4, 0.5) is 0 Å². The number of hydrogen-bond acceptors (Lipinski definition) is 1. The molecule has 0 spiro atoms. The van der Waals surface area contributed by atoms with Gasteiger partial charge in [-0.25, -0.2) is 0 Å². The van der Waals surface area contributed by atoms with Crippen LogP contribution in [0.5, 0.6) is 0 Å². The van der Waals surface area contributed by atoms with Crippen molar-refractivity contribution in [1.29, 1.82) is 0 Å². The van der Waals surface area contributed by atoms with Crippen molar-refractivity contribution in [1.82, 2.24) is 0 Å². The van der Waals surface area contributed by atoms with Crippen LogP contribution in [-0.4, -0.2) is 0 Å². The predicted molar refractivity (Wildman–Crippen MR) is 129 cm³/mol. The molecule has 152 valence electrons. The largest absolute Gasteiger partial charge is 0.465 e. The number of ether oxygens (including phenoxy) is 1. The van der Waals surface area contributed by atoms with Gasteiger partial charge < -0.3 is 4.74 Å². The van der Waals surface area contributed by atoms with Gasteiger partial charge in [-0.2, -0.15) is 0 Å². The smallest absolute Gasteiger partial charge is 0.108 e. The lowest BCUT2D eigenvalue weighted by molar-refractivity contribution is 0.272. The summed E-state index contributed by atoms with van der Waals surface area (Å²) in [6.07, 6.45) is 0. The average molecular weight is 403 g/mol. The van der Waals surface area contributed by atoms with E-state index in [1.165, 1.54) is 0 Å². The highest BCUT2D eigenvalue weighted by atomic mass is 16.5. The van der Waals surface area contributed by atoms with Crippen molar-refractivity contribution in [2.24, 2.45) is 0 Å². The lowest BCUT2D eigenvalue weighted by Crippen LogP contribution is -2.11. The number of benzene rings is 4. The topological polar surface area (TPSA) is 9.23 Å². The molecule has 0 saturated carbocycles. The summed E-state index contributed by atoms with van der Waals surface area (Å²) in [4.78, 5) is 0. The maximum Gasteiger partial charge on any atom is 0.108 e. The maximum absolute atomic E-state index is 6.40. The Hall–Kier alpha value is -3.84. The van der Waals surface area contributed by atoms with Crippen molar-refractivity contribution in [3.05, 3.63) is 168 Å². The monoisotopic (exact) mass is 402 g/mol. The molecule has 4 aromatic carbocycles. The van der Waals surface area contributed by atoms with Gasteiger partial charge >= 0.3 is 0 Å². The second kappa shape index (κ2) is 9.77. The minimum atomic E-state index is -0.0775. The molecule has 0 bridgehead atoms. The molecule has 0 saturated heterocycles. The van der Waals surface area contributed by atoms with Gasteiger partial charge in [-0.1, -0.05) is 134 Å². The molecule has 0 heterocycles. The number of hydrogen-bond donors (Lipinski definition) is 0. The minimum Gasteiger partial charge on any atom is -0.465 e. The Labute approximate surface area is 185 Å². The summed E-state index contributed by atoms with van der Waals surface area (Å²) in [5.74, 6) is 1.18. The fraction of sp³-hybridized carbons (Fsp3) is 0.0667. The molecule has 0 aliphatic carbocycles. The van der Waals surface area contributed by atoms with Crippen LogP contribution in [0.1, 0.15) is 34.1 Å². The summed E-state index contributed by atoms with van der Waals surface area (Å²) < 4.78 is 6.40. The third-order valence-corrected chi connectivity index (χ3v) is 5.44. The number of allylic oxidation sites excluding steroid dienone is 2. The summed E-state index contributed by atoms with van der Waals surface area (Å²) in [5.41, 5.74) is 4.56. The molecule has 0 aliphatic heterocycles. The van der Waals surface area contributed by atoms with Crippen LogP contribution < -0.4 is 0 Å². The molecule has 4 rings (SSSR count). The van der Waals surface area contributed by atoms with Crippen LogP contribution in [0.3, 0.4) is 0 Å². The van der Waals surface area contributed by atoms with Crippen LogP contribution in [0, 0.1) is 0 Å². The second-order valence-corrected chi connectivity index (χ2v) is 7.54. The molecule has 0 aromatic heterocycles. The van der Waals surface area contributed by atoms with E-state index in [9.17, 15) is 0 Å². The first kappa shape index (κ1) is 20.4. The van der Waals surface area contributed by atoms with E-state index in [0.29, 0.717) is 11.5 Å². The molecule has 0 aliphatic rings. The molecule has 0 N–H and O–H groups in total. The van der Waals surface area contributed by atoms with Crippen molar-refractivity contribution >= 4 is 0 Å². The summed E-state index contributed by atoms with van der Waals surface area (Å²) >= 11 is 0. The average Bonchev–Trinajstić information content (AvgIpc) is 2.82. The standard InChI is InChI=1S/C30H26O/c1-23(29(25-15-7-3-8-16-25)26-17-9-4-10-18-26)31-24(2)30(27-19-11-5-12-20-27)28-21-13-6-14-22-28/h3-22,29-30H,1-2H2. The van der Waals surface area contributed by atoms with Crippen LogP contribution in [0.15, 0.2) is 146 Å². The lowest BCUT2D eigenvalue weighted by atomic mass is 9.88. The van der Waals surface area contributed by atoms with E-state index in [1.807, 2.05) is 72.8 Å². The molecule has 0 unspecified atom stereocenters. The van der Waals surface area contributed by atoms with Gasteiger partial charge in [0.2, 0.25) is 0 Å². The zero-order chi connectivity index (χ0) is 21.5. The van der Waals surface area contributed by atoms with E-state index in [4.69, 9.17) is 4.74 Å². The van der Waals surface area contributed by atoms with E-state index < -0.39 is 0 Å². The normalized spacial score (nSPS) is 10.8. The molecule has 0 atom stereocenters. The SMILES string of the molecule is C=C(OC(=C)C(c1ccccc1)c1ccccc1)C(c1ccccc1)c1ccccc1. The van der Waals surface area contributed by atoms with Crippen LogP contribution >= 0.6 is 0 Å². The fourth-order valence-corrected chi connectivity index (χ4v) is 4.00. The van der Waals surface area contributed by atoms with E-state index in [0.717, 1.165) is 22.3 Å².